The third kappa shape index (κ3) is 3.61. The zero-order valence-corrected chi connectivity index (χ0v) is 17.1. The molecule has 0 fully saturated rings. The summed E-state index contributed by atoms with van der Waals surface area (Å²) in [6, 6.07) is 22.3. The van der Waals surface area contributed by atoms with E-state index in [0.717, 1.165) is 27.7 Å². The Kier molecular flexibility index (Phi) is 5.14. The summed E-state index contributed by atoms with van der Waals surface area (Å²) in [7, 11) is 0. The predicted octanol–water partition coefficient (Wildman–Crippen LogP) is 4.74. The molecule has 1 unspecified atom stereocenters. The molecule has 0 amide bonds. The van der Waals surface area contributed by atoms with Crippen LogP contribution < -0.4 is 4.84 Å². The molecule has 6 heteroatoms. The van der Waals surface area contributed by atoms with Crippen molar-refractivity contribution in [2.45, 2.75) is 6.04 Å². The molecule has 0 spiro atoms. The minimum Gasteiger partial charge on any atom is -0.399 e. The van der Waals surface area contributed by atoms with Crippen molar-refractivity contribution in [3.8, 4) is 23.7 Å². The van der Waals surface area contributed by atoms with Gasteiger partial charge in [-0.3, -0.25) is 0 Å². The van der Waals surface area contributed by atoms with E-state index < -0.39 is 0 Å². The van der Waals surface area contributed by atoms with Crippen LogP contribution in [-0.2, 0) is 0 Å². The summed E-state index contributed by atoms with van der Waals surface area (Å²) in [5, 5.41) is 0. The van der Waals surface area contributed by atoms with Gasteiger partial charge < -0.3 is 9.40 Å². The van der Waals surface area contributed by atoms with Gasteiger partial charge in [0.1, 0.15) is 11.3 Å². The lowest BCUT2D eigenvalue weighted by Gasteiger charge is -2.20. The van der Waals surface area contributed by atoms with Crippen molar-refractivity contribution in [2.75, 3.05) is 6.61 Å². The third-order valence-corrected chi connectivity index (χ3v) is 5.27. The maximum atomic E-state index is 13.5. The summed E-state index contributed by atoms with van der Waals surface area (Å²) in [5.41, 5.74) is 4.42. The zero-order valence-electron chi connectivity index (χ0n) is 17.1. The van der Waals surface area contributed by atoms with Crippen LogP contribution >= 0.6 is 0 Å². The van der Waals surface area contributed by atoms with E-state index in [1.54, 1.807) is 29.4 Å². The van der Waals surface area contributed by atoms with Crippen molar-refractivity contribution in [3.63, 3.8) is 0 Å². The molecule has 5 rings (SSSR count). The van der Waals surface area contributed by atoms with Crippen LogP contribution in [0.1, 0.15) is 17.2 Å². The highest BCUT2D eigenvalue weighted by atomic mass is 19.1. The molecule has 5 nitrogen and oxygen atoms in total. The average molecular weight is 422 g/mol. The Hall–Kier alpha value is -4.37. The lowest BCUT2D eigenvalue weighted by molar-refractivity contribution is 0.153. The molecule has 0 N–H and O–H groups in total. The Balaban J connectivity index is 1.68. The second kappa shape index (κ2) is 8.40. The van der Waals surface area contributed by atoms with E-state index in [-0.39, 0.29) is 18.5 Å². The molecule has 0 saturated heterocycles. The van der Waals surface area contributed by atoms with Gasteiger partial charge in [0.2, 0.25) is 0 Å². The van der Waals surface area contributed by atoms with Gasteiger partial charge in [-0.15, -0.1) is 6.42 Å². The molecule has 2 aromatic heterocycles. The van der Waals surface area contributed by atoms with Crippen molar-refractivity contribution >= 4 is 11.0 Å². The maximum Gasteiger partial charge on any atom is 0.176 e. The van der Waals surface area contributed by atoms with Crippen LogP contribution in [0.25, 0.3) is 22.4 Å². The minimum atomic E-state index is -0.311. The Bertz CT molecular complexity index is 1380. The molecule has 156 valence electrons. The molecule has 0 radical (unpaired) electrons. The van der Waals surface area contributed by atoms with Crippen molar-refractivity contribution in [2.24, 2.45) is 0 Å². The van der Waals surface area contributed by atoms with Gasteiger partial charge in [-0.1, -0.05) is 42.3 Å². The molecule has 0 bridgehead atoms. The van der Waals surface area contributed by atoms with Crippen molar-refractivity contribution in [1.82, 2.24) is 19.3 Å². The van der Waals surface area contributed by atoms with Crippen LogP contribution in [0.15, 0.2) is 91.5 Å². The van der Waals surface area contributed by atoms with E-state index in [0.29, 0.717) is 5.82 Å². The first-order chi connectivity index (χ1) is 15.7. The Labute approximate surface area is 184 Å². The SMILES string of the molecule is C#CCOn1c(-c2ccc(F)cc2)nc2ccc(C(c3ccccc3)n3ccnc3)cc21. The van der Waals surface area contributed by atoms with Gasteiger partial charge in [0.05, 0.1) is 17.9 Å². The van der Waals surface area contributed by atoms with Gasteiger partial charge in [-0.25, -0.2) is 14.4 Å². The molecule has 0 aliphatic heterocycles. The summed E-state index contributed by atoms with van der Waals surface area (Å²) in [4.78, 5) is 14.8. The smallest absolute Gasteiger partial charge is 0.176 e. The number of imidazole rings is 2. The Morgan fingerprint density at radius 1 is 1.00 bits per heavy atom. The molecule has 1 atom stereocenters. The predicted molar refractivity (Wildman–Crippen MR) is 121 cm³/mol. The van der Waals surface area contributed by atoms with Gasteiger partial charge >= 0.3 is 0 Å². The van der Waals surface area contributed by atoms with E-state index >= 15 is 0 Å². The molecule has 2 heterocycles. The molecular formula is C26H19FN4O. The van der Waals surface area contributed by atoms with Crippen LogP contribution in [-0.4, -0.2) is 25.9 Å². The van der Waals surface area contributed by atoms with Crippen LogP contribution in [0.2, 0.25) is 0 Å². The highest BCUT2D eigenvalue weighted by Crippen LogP contribution is 2.31. The molecule has 0 aliphatic rings. The molecule has 0 saturated carbocycles. The lowest BCUT2D eigenvalue weighted by atomic mass is 9.98. The number of rotatable bonds is 6. The summed E-state index contributed by atoms with van der Waals surface area (Å²) < 4.78 is 17.1. The fourth-order valence-electron chi connectivity index (χ4n) is 3.85. The number of hydrogen-bond acceptors (Lipinski definition) is 3. The average Bonchev–Trinajstić information content (AvgIpc) is 3.47. The van der Waals surface area contributed by atoms with E-state index in [2.05, 4.69) is 27.6 Å². The highest BCUT2D eigenvalue weighted by molar-refractivity contribution is 5.81. The first kappa shape index (κ1) is 19.6. The van der Waals surface area contributed by atoms with E-state index in [1.165, 1.54) is 12.1 Å². The standard InChI is InChI=1S/C26H19FN4O/c1-2-16-32-31-24-17-21(25(30-15-14-28-18-30)19-6-4-3-5-7-19)10-13-23(24)29-26(31)20-8-11-22(27)12-9-20/h1,3-15,17-18,25H,16H2. The van der Waals surface area contributed by atoms with E-state index in [4.69, 9.17) is 16.2 Å². The number of aromatic nitrogens is 4. The third-order valence-electron chi connectivity index (χ3n) is 5.27. The van der Waals surface area contributed by atoms with Crippen molar-refractivity contribution in [3.05, 3.63) is 108 Å². The van der Waals surface area contributed by atoms with E-state index in [9.17, 15) is 4.39 Å². The number of hydrogen-bond donors (Lipinski definition) is 0. The number of nitrogens with zero attached hydrogens (tertiary/aromatic N) is 4. The number of benzene rings is 3. The topological polar surface area (TPSA) is 44.9 Å². The quantitative estimate of drug-likeness (QED) is 0.372. The first-order valence-electron chi connectivity index (χ1n) is 10.1. The van der Waals surface area contributed by atoms with Crippen LogP contribution in [0, 0.1) is 18.2 Å². The first-order valence-corrected chi connectivity index (χ1v) is 10.1. The van der Waals surface area contributed by atoms with E-state index in [1.807, 2.05) is 42.6 Å². The molecule has 5 aromatic rings. The second-order valence-electron chi connectivity index (χ2n) is 7.29. The second-order valence-corrected chi connectivity index (χ2v) is 7.29. The van der Waals surface area contributed by atoms with Crippen molar-refractivity contribution < 1.29 is 9.23 Å². The molecular weight excluding hydrogens is 403 g/mol. The number of fused-ring (bicyclic) bond motifs is 1. The normalized spacial score (nSPS) is 11.9. The van der Waals surface area contributed by atoms with Gasteiger partial charge in [-0.2, -0.15) is 4.73 Å². The summed E-state index contributed by atoms with van der Waals surface area (Å²) >= 11 is 0. The van der Waals surface area contributed by atoms with Crippen LogP contribution in [0.3, 0.4) is 0 Å². The fraction of sp³-hybridized carbons (Fsp3) is 0.0769. The summed E-state index contributed by atoms with van der Waals surface area (Å²) in [5.74, 6) is 2.75. The highest BCUT2D eigenvalue weighted by Gasteiger charge is 2.20. The zero-order chi connectivity index (χ0) is 21.9. The fourth-order valence-corrected chi connectivity index (χ4v) is 3.85. The lowest BCUT2D eigenvalue weighted by Crippen LogP contribution is -2.14. The monoisotopic (exact) mass is 422 g/mol. The molecule has 3 aromatic carbocycles. The van der Waals surface area contributed by atoms with Gasteiger partial charge in [0.25, 0.3) is 0 Å². The Morgan fingerprint density at radius 2 is 1.81 bits per heavy atom. The van der Waals surface area contributed by atoms with Crippen LogP contribution in [0.5, 0.6) is 0 Å². The van der Waals surface area contributed by atoms with Gasteiger partial charge in [0, 0.05) is 18.0 Å². The minimum absolute atomic E-state index is 0.0756. The van der Waals surface area contributed by atoms with Gasteiger partial charge in [-0.05, 0) is 47.5 Å². The summed E-state index contributed by atoms with van der Waals surface area (Å²) in [6.07, 6.45) is 11.0. The Morgan fingerprint density at radius 3 is 2.53 bits per heavy atom. The van der Waals surface area contributed by atoms with Gasteiger partial charge in [0.15, 0.2) is 12.4 Å². The number of halogens is 1. The molecule has 0 aliphatic carbocycles. The largest absolute Gasteiger partial charge is 0.399 e. The molecule has 32 heavy (non-hydrogen) atoms. The summed E-state index contributed by atoms with van der Waals surface area (Å²) in [6.45, 7) is 0.0769. The van der Waals surface area contributed by atoms with Crippen molar-refractivity contribution in [1.29, 1.82) is 0 Å². The maximum absolute atomic E-state index is 13.5. The van der Waals surface area contributed by atoms with Crippen LogP contribution in [0.4, 0.5) is 4.39 Å². The number of terminal acetylenes is 1.